The van der Waals surface area contributed by atoms with Crippen LogP contribution in [0, 0.1) is 11.3 Å². The molecule has 1 aliphatic rings. The lowest BCUT2D eigenvalue weighted by Crippen LogP contribution is -2.28. The molecular weight excluding hydrogens is 286 g/mol. The number of benzene rings is 1. The maximum Gasteiger partial charge on any atom is 0.247 e. The minimum absolute atomic E-state index is 0.0145. The van der Waals surface area contributed by atoms with Crippen LogP contribution in [0.1, 0.15) is 35.6 Å². The van der Waals surface area contributed by atoms with Crippen molar-refractivity contribution < 1.29 is 4.79 Å². The predicted octanol–water partition coefficient (Wildman–Crippen LogP) is 3.33. The zero-order valence-corrected chi connectivity index (χ0v) is 12.7. The van der Waals surface area contributed by atoms with Crippen LogP contribution in [0.25, 0.3) is 6.08 Å². The Bertz CT molecular complexity index is 744. The average molecular weight is 303 g/mol. The fourth-order valence-electron chi connectivity index (χ4n) is 2.88. The van der Waals surface area contributed by atoms with Gasteiger partial charge < -0.3 is 4.90 Å². The van der Waals surface area contributed by atoms with Crippen LogP contribution in [-0.4, -0.2) is 22.3 Å². The van der Waals surface area contributed by atoms with Crippen molar-refractivity contribution in [1.29, 1.82) is 5.26 Å². The van der Waals surface area contributed by atoms with E-state index in [1.165, 1.54) is 0 Å². The molecule has 3 rings (SSSR count). The highest BCUT2D eigenvalue weighted by molar-refractivity contribution is 5.92. The Morgan fingerprint density at radius 2 is 2.13 bits per heavy atom. The lowest BCUT2D eigenvalue weighted by atomic mass is 10.1. The summed E-state index contributed by atoms with van der Waals surface area (Å²) in [5.41, 5.74) is 2.62. The number of amides is 1. The summed E-state index contributed by atoms with van der Waals surface area (Å²) in [6.07, 6.45) is 8.96. The van der Waals surface area contributed by atoms with Gasteiger partial charge in [0.2, 0.25) is 5.91 Å². The highest BCUT2D eigenvalue weighted by Crippen LogP contribution is 2.31. The van der Waals surface area contributed by atoms with Crippen molar-refractivity contribution in [3.63, 3.8) is 0 Å². The zero-order valence-electron chi connectivity index (χ0n) is 12.7. The van der Waals surface area contributed by atoms with Crippen molar-refractivity contribution in [1.82, 2.24) is 9.88 Å². The van der Waals surface area contributed by atoms with Gasteiger partial charge in [-0.15, -0.1) is 0 Å². The second kappa shape index (κ2) is 6.89. The van der Waals surface area contributed by atoms with E-state index in [-0.39, 0.29) is 11.9 Å². The molecule has 1 atom stereocenters. The van der Waals surface area contributed by atoms with Gasteiger partial charge in [-0.3, -0.25) is 9.78 Å². The lowest BCUT2D eigenvalue weighted by Gasteiger charge is -2.23. The Labute approximate surface area is 135 Å². The largest absolute Gasteiger partial charge is 0.332 e. The molecule has 0 bridgehead atoms. The molecular formula is C19H17N3O. The molecule has 23 heavy (non-hydrogen) atoms. The third-order valence-electron chi connectivity index (χ3n) is 4.06. The highest BCUT2D eigenvalue weighted by Gasteiger charge is 2.28. The summed E-state index contributed by atoms with van der Waals surface area (Å²) >= 11 is 0. The number of aromatic nitrogens is 1. The molecule has 2 aromatic rings. The highest BCUT2D eigenvalue weighted by atomic mass is 16.2. The maximum absolute atomic E-state index is 12.5. The van der Waals surface area contributed by atoms with Crippen LogP contribution in [0.2, 0.25) is 0 Å². The van der Waals surface area contributed by atoms with Crippen LogP contribution >= 0.6 is 0 Å². The molecule has 114 valence electrons. The van der Waals surface area contributed by atoms with Crippen molar-refractivity contribution in [2.75, 3.05) is 6.54 Å². The normalized spacial score (nSPS) is 17.3. The van der Waals surface area contributed by atoms with E-state index in [0.29, 0.717) is 5.56 Å². The van der Waals surface area contributed by atoms with Crippen LogP contribution in [0.15, 0.2) is 54.9 Å². The minimum Gasteiger partial charge on any atom is -0.332 e. The first-order valence-electron chi connectivity index (χ1n) is 7.67. The summed E-state index contributed by atoms with van der Waals surface area (Å²) in [6, 6.07) is 13.3. The molecule has 0 N–H and O–H groups in total. The second-order valence-electron chi connectivity index (χ2n) is 5.54. The summed E-state index contributed by atoms with van der Waals surface area (Å²) in [5, 5.41) is 8.79. The van der Waals surface area contributed by atoms with Gasteiger partial charge in [0.05, 0.1) is 17.7 Å². The van der Waals surface area contributed by atoms with Crippen molar-refractivity contribution in [3.8, 4) is 6.07 Å². The summed E-state index contributed by atoms with van der Waals surface area (Å²) in [5.74, 6) is 0.0145. The summed E-state index contributed by atoms with van der Waals surface area (Å²) in [4.78, 5) is 18.5. The lowest BCUT2D eigenvalue weighted by molar-refractivity contribution is -0.126. The van der Waals surface area contributed by atoms with Crippen molar-refractivity contribution >= 4 is 12.0 Å². The maximum atomic E-state index is 12.5. The quantitative estimate of drug-likeness (QED) is 0.817. The van der Waals surface area contributed by atoms with Gasteiger partial charge in [-0.25, -0.2) is 0 Å². The van der Waals surface area contributed by atoms with Gasteiger partial charge in [-0.05, 0) is 48.2 Å². The smallest absolute Gasteiger partial charge is 0.247 e. The van der Waals surface area contributed by atoms with Gasteiger partial charge in [0.15, 0.2) is 0 Å². The van der Waals surface area contributed by atoms with Crippen molar-refractivity contribution in [2.24, 2.45) is 0 Å². The van der Waals surface area contributed by atoms with Gasteiger partial charge in [-0.1, -0.05) is 18.2 Å². The van der Waals surface area contributed by atoms with E-state index >= 15 is 0 Å². The summed E-state index contributed by atoms with van der Waals surface area (Å²) in [6.45, 7) is 0.774. The molecule has 0 saturated carbocycles. The number of rotatable bonds is 3. The average Bonchev–Trinajstić information content (AvgIpc) is 3.11. The molecule has 1 aromatic carbocycles. The molecule has 2 heterocycles. The topological polar surface area (TPSA) is 57.0 Å². The standard InChI is InChI=1S/C19H17N3O/c20-13-16-7-5-15(6-8-16)9-10-19(23)22-12-2-4-18(22)17-3-1-11-21-14-17/h1,3,5-11,14,18H,2,4,12H2. The van der Waals surface area contributed by atoms with Gasteiger partial charge in [-0.2, -0.15) is 5.26 Å². The molecule has 4 nitrogen and oxygen atoms in total. The first-order valence-corrected chi connectivity index (χ1v) is 7.67. The van der Waals surface area contributed by atoms with Gasteiger partial charge in [0, 0.05) is 25.0 Å². The number of pyridine rings is 1. The molecule has 0 radical (unpaired) electrons. The Balaban J connectivity index is 1.71. The van der Waals surface area contributed by atoms with Crippen LogP contribution < -0.4 is 0 Å². The minimum atomic E-state index is 0.0145. The van der Waals surface area contributed by atoms with E-state index in [1.54, 1.807) is 30.5 Å². The van der Waals surface area contributed by atoms with Crippen molar-refractivity contribution in [3.05, 3.63) is 71.6 Å². The van der Waals surface area contributed by atoms with Crippen LogP contribution in [0.4, 0.5) is 0 Å². The van der Waals surface area contributed by atoms with Crippen molar-refractivity contribution in [2.45, 2.75) is 18.9 Å². The number of carbonyl (C=O) groups is 1. The van der Waals surface area contributed by atoms with Gasteiger partial charge >= 0.3 is 0 Å². The molecule has 0 spiro atoms. The predicted molar refractivity (Wildman–Crippen MR) is 88.1 cm³/mol. The zero-order chi connectivity index (χ0) is 16.1. The van der Waals surface area contributed by atoms with Gasteiger partial charge in [0.25, 0.3) is 0 Å². The summed E-state index contributed by atoms with van der Waals surface area (Å²) < 4.78 is 0. The van der Waals surface area contributed by atoms with E-state index in [2.05, 4.69) is 11.1 Å². The molecule has 0 aliphatic carbocycles. The Morgan fingerprint density at radius 1 is 1.30 bits per heavy atom. The molecule has 1 fully saturated rings. The molecule has 1 unspecified atom stereocenters. The number of likely N-dealkylation sites (tertiary alicyclic amines) is 1. The van der Waals surface area contributed by atoms with Crippen LogP contribution in [0.3, 0.4) is 0 Å². The van der Waals surface area contributed by atoms with E-state index in [4.69, 9.17) is 5.26 Å². The summed E-state index contributed by atoms with van der Waals surface area (Å²) in [7, 11) is 0. The van der Waals surface area contributed by atoms with E-state index < -0.39 is 0 Å². The number of carbonyl (C=O) groups excluding carboxylic acids is 1. The molecule has 4 heteroatoms. The number of nitriles is 1. The van der Waals surface area contributed by atoms with Crippen LogP contribution in [-0.2, 0) is 4.79 Å². The molecule has 1 aromatic heterocycles. The second-order valence-corrected chi connectivity index (χ2v) is 5.54. The Morgan fingerprint density at radius 3 is 2.83 bits per heavy atom. The van der Waals surface area contributed by atoms with E-state index in [0.717, 1.165) is 30.5 Å². The third-order valence-corrected chi connectivity index (χ3v) is 4.06. The van der Waals surface area contributed by atoms with E-state index in [1.807, 2.05) is 35.4 Å². The number of nitrogens with zero attached hydrogens (tertiary/aromatic N) is 3. The first kappa shape index (κ1) is 15.0. The SMILES string of the molecule is N#Cc1ccc(C=CC(=O)N2CCCC2c2cccnc2)cc1. The third kappa shape index (κ3) is 3.46. The number of hydrogen-bond acceptors (Lipinski definition) is 3. The fourth-order valence-corrected chi connectivity index (χ4v) is 2.88. The molecule has 1 saturated heterocycles. The molecule has 1 aliphatic heterocycles. The van der Waals surface area contributed by atoms with Crippen LogP contribution in [0.5, 0.6) is 0 Å². The molecule has 1 amide bonds. The Hall–Kier alpha value is -2.93. The fraction of sp³-hybridized carbons (Fsp3) is 0.211. The number of hydrogen-bond donors (Lipinski definition) is 0. The van der Waals surface area contributed by atoms with Gasteiger partial charge in [0.1, 0.15) is 0 Å². The Kier molecular flexibility index (Phi) is 4.49. The van der Waals surface area contributed by atoms with E-state index in [9.17, 15) is 4.79 Å². The monoisotopic (exact) mass is 303 g/mol. The first-order chi connectivity index (χ1) is 11.3.